The summed E-state index contributed by atoms with van der Waals surface area (Å²) in [5, 5.41) is 14.2. The number of benzene rings is 2. The number of hydrogen-bond donors (Lipinski definition) is 1. The van der Waals surface area contributed by atoms with Gasteiger partial charge in [0.25, 0.3) is 11.6 Å². The zero-order chi connectivity index (χ0) is 20.3. The minimum absolute atomic E-state index is 0.0247. The van der Waals surface area contributed by atoms with Gasteiger partial charge >= 0.3 is 5.63 Å². The van der Waals surface area contributed by atoms with Crippen molar-refractivity contribution in [1.29, 1.82) is 0 Å². The fourth-order valence-corrected chi connectivity index (χ4v) is 2.86. The minimum atomic E-state index is -0.637. The number of amides is 1. The highest BCUT2D eigenvalue weighted by Gasteiger charge is 2.14. The van der Waals surface area contributed by atoms with Crippen LogP contribution in [0, 0.1) is 10.1 Å². The van der Waals surface area contributed by atoms with Gasteiger partial charge in [0.15, 0.2) is 6.61 Å². The van der Waals surface area contributed by atoms with Crippen molar-refractivity contribution in [2.24, 2.45) is 0 Å². The molecule has 8 nitrogen and oxygen atoms in total. The Hall–Kier alpha value is -3.39. The Morgan fingerprint density at radius 2 is 2.04 bits per heavy atom. The number of halogens is 1. The fraction of sp³-hybridized carbons (Fsp3) is 0.158. The van der Waals surface area contributed by atoms with Gasteiger partial charge in [0.2, 0.25) is 0 Å². The third-order valence-electron chi connectivity index (χ3n) is 3.98. The van der Waals surface area contributed by atoms with Crippen LogP contribution in [-0.2, 0) is 11.2 Å². The average molecular weight is 403 g/mol. The van der Waals surface area contributed by atoms with E-state index in [9.17, 15) is 19.7 Å². The molecule has 0 unspecified atom stereocenters. The first-order valence-electron chi connectivity index (χ1n) is 8.30. The molecule has 0 spiro atoms. The maximum Gasteiger partial charge on any atom is 0.336 e. The molecule has 3 rings (SSSR count). The number of anilines is 1. The second kappa shape index (κ2) is 8.10. The predicted molar refractivity (Wildman–Crippen MR) is 104 cm³/mol. The van der Waals surface area contributed by atoms with Gasteiger partial charge < -0.3 is 14.5 Å². The number of nitrogens with one attached hydrogen (secondary N) is 1. The van der Waals surface area contributed by atoms with Gasteiger partial charge in [-0.3, -0.25) is 14.9 Å². The van der Waals surface area contributed by atoms with E-state index in [0.29, 0.717) is 17.8 Å². The summed E-state index contributed by atoms with van der Waals surface area (Å²) in [5.74, 6) is -0.165. The molecule has 1 N–H and O–H groups in total. The first-order valence-corrected chi connectivity index (χ1v) is 8.68. The van der Waals surface area contributed by atoms with Crippen molar-refractivity contribution >= 4 is 39.9 Å². The smallest absolute Gasteiger partial charge is 0.336 e. The number of ether oxygens (including phenoxy) is 1. The number of nitrogens with zero attached hydrogens (tertiary/aromatic N) is 1. The number of aryl methyl sites for hydroxylation is 1. The number of hydrogen-bond acceptors (Lipinski definition) is 6. The van der Waals surface area contributed by atoms with Crippen LogP contribution in [0.25, 0.3) is 11.0 Å². The molecule has 0 bridgehead atoms. The van der Waals surface area contributed by atoms with E-state index < -0.39 is 16.5 Å². The van der Waals surface area contributed by atoms with Gasteiger partial charge in [-0.1, -0.05) is 18.5 Å². The Morgan fingerprint density at radius 1 is 1.25 bits per heavy atom. The Morgan fingerprint density at radius 3 is 2.75 bits per heavy atom. The number of nitro benzene ring substituents is 1. The number of carbonyl (C=O) groups is 1. The van der Waals surface area contributed by atoms with Crippen molar-refractivity contribution in [3.8, 4) is 5.75 Å². The largest absolute Gasteiger partial charge is 0.484 e. The lowest BCUT2D eigenvalue weighted by atomic mass is 10.1. The SMILES string of the molecule is CCc1cc(=O)oc2cc(OCC(=O)Nc3ccc(Cl)c([N+](=O)[O-])c3)ccc12. The summed E-state index contributed by atoms with van der Waals surface area (Å²) in [4.78, 5) is 33.9. The molecule has 2 aromatic carbocycles. The summed E-state index contributed by atoms with van der Waals surface area (Å²) in [5.41, 5.74) is 0.692. The third kappa shape index (κ3) is 4.29. The van der Waals surface area contributed by atoms with Crippen LogP contribution in [0.1, 0.15) is 12.5 Å². The van der Waals surface area contributed by atoms with Crippen LogP contribution in [0.4, 0.5) is 11.4 Å². The molecule has 1 heterocycles. The maximum absolute atomic E-state index is 12.1. The topological polar surface area (TPSA) is 112 Å². The summed E-state index contributed by atoms with van der Waals surface area (Å²) in [6.07, 6.45) is 0.679. The predicted octanol–water partition coefficient (Wildman–Crippen LogP) is 3.93. The fourth-order valence-electron chi connectivity index (χ4n) is 2.67. The molecule has 9 heteroatoms. The summed E-state index contributed by atoms with van der Waals surface area (Å²) in [7, 11) is 0. The monoisotopic (exact) mass is 402 g/mol. The number of carbonyl (C=O) groups excluding carboxylic acids is 1. The van der Waals surface area contributed by atoms with Gasteiger partial charge in [0.05, 0.1) is 4.92 Å². The molecule has 1 amide bonds. The third-order valence-corrected chi connectivity index (χ3v) is 4.30. The Labute approximate surface area is 163 Å². The summed E-state index contributed by atoms with van der Waals surface area (Å²) in [6.45, 7) is 1.60. The number of nitro groups is 1. The van der Waals surface area contributed by atoms with Crippen molar-refractivity contribution < 1.29 is 18.9 Å². The van der Waals surface area contributed by atoms with E-state index in [-0.39, 0.29) is 23.0 Å². The minimum Gasteiger partial charge on any atom is -0.484 e. The number of rotatable bonds is 6. The molecule has 0 aliphatic rings. The standard InChI is InChI=1S/C19H15ClN2O6/c1-2-11-7-19(24)28-17-9-13(4-5-14(11)17)27-10-18(23)21-12-3-6-15(20)16(8-12)22(25)26/h3-9H,2,10H2,1H3,(H,21,23). The lowest BCUT2D eigenvalue weighted by Gasteiger charge is -2.09. The molecule has 0 atom stereocenters. The van der Waals surface area contributed by atoms with Crippen molar-refractivity contribution in [1.82, 2.24) is 0 Å². The molecule has 0 aliphatic carbocycles. The molecule has 144 valence electrons. The lowest BCUT2D eigenvalue weighted by molar-refractivity contribution is -0.384. The van der Waals surface area contributed by atoms with Crippen LogP contribution in [0.3, 0.4) is 0 Å². The highest BCUT2D eigenvalue weighted by Crippen LogP contribution is 2.27. The normalized spacial score (nSPS) is 10.6. The van der Waals surface area contributed by atoms with Crippen LogP contribution >= 0.6 is 11.6 Å². The molecule has 0 radical (unpaired) electrons. The number of fused-ring (bicyclic) bond motifs is 1. The van der Waals surface area contributed by atoms with E-state index in [1.807, 2.05) is 6.92 Å². The first kappa shape index (κ1) is 19.4. The zero-order valence-electron chi connectivity index (χ0n) is 14.7. The molecule has 1 aromatic heterocycles. The van der Waals surface area contributed by atoms with E-state index in [0.717, 1.165) is 17.0 Å². The van der Waals surface area contributed by atoms with Gasteiger partial charge in [-0.25, -0.2) is 4.79 Å². The Balaban J connectivity index is 1.70. The lowest BCUT2D eigenvalue weighted by Crippen LogP contribution is -2.20. The molecule has 0 saturated carbocycles. The van der Waals surface area contributed by atoms with Gasteiger partial charge in [0.1, 0.15) is 16.4 Å². The molecular formula is C19H15ClN2O6. The molecular weight excluding hydrogens is 388 g/mol. The summed E-state index contributed by atoms with van der Waals surface area (Å²) < 4.78 is 10.6. The van der Waals surface area contributed by atoms with E-state index in [4.69, 9.17) is 20.8 Å². The molecule has 3 aromatic rings. The van der Waals surface area contributed by atoms with Crippen molar-refractivity contribution in [3.05, 3.63) is 73.6 Å². The van der Waals surface area contributed by atoms with Crippen LogP contribution in [0.15, 0.2) is 51.7 Å². The molecule has 0 saturated heterocycles. The highest BCUT2D eigenvalue weighted by atomic mass is 35.5. The average Bonchev–Trinajstić information content (AvgIpc) is 2.66. The summed E-state index contributed by atoms with van der Waals surface area (Å²) in [6, 6.07) is 10.3. The van der Waals surface area contributed by atoms with Gasteiger partial charge in [-0.15, -0.1) is 0 Å². The highest BCUT2D eigenvalue weighted by molar-refractivity contribution is 6.32. The van der Waals surface area contributed by atoms with Crippen molar-refractivity contribution in [3.63, 3.8) is 0 Å². The maximum atomic E-state index is 12.1. The van der Waals surface area contributed by atoms with E-state index >= 15 is 0 Å². The Kier molecular flexibility index (Phi) is 5.60. The summed E-state index contributed by atoms with van der Waals surface area (Å²) >= 11 is 5.74. The van der Waals surface area contributed by atoms with Gasteiger partial charge in [-0.2, -0.15) is 0 Å². The van der Waals surface area contributed by atoms with E-state index in [1.54, 1.807) is 12.1 Å². The quantitative estimate of drug-likeness (QED) is 0.379. The zero-order valence-corrected chi connectivity index (χ0v) is 15.5. The van der Waals surface area contributed by atoms with Crippen LogP contribution in [0.5, 0.6) is 5.75 Å². The molecule has 28 heavy (non-hydrogen) atoms. The van der Waals surface area contributed by atoms with Crippen molar-refractivity contribution in [2.75, 3.05) is 11.9 Å². The van der Waals surface area contributed by atoms with Gasteiger partial charge in [-0.05, 0) is 36.2 Å². The van der Waals surface area contributed by atoms with E-state index in [2.05, 4.69) is 5.32 Å². The van der Waals surface area contributed by atoms with Crippen LogP contribution in [-0.4, -0.2) is 17.4 Å². The van der Waals surface area contributed by atoms with Crippen LogP contribution < -0.4 is 15.7 Å². The first-order chi connectivity index (χ1) is 13.4. The van der Waals surface area contributed by atoms with E-state index in [1.165, 1.54) is 24.3 Å². The van der Waals surface area contributed by atoms with Crippen molar-refractivity contribution in [2.45, 2.75) is 13.3 Å². The Bertz CT molecular complexity index is 1130. The second-order valence-electron chi connectivity index (χ2n) is 5.86. The molecule has 0 fully saturated rings. The van der Waals surface area contributed by atoms with Gasteiger partial charge in [0, 0.05) is 29.3 Å². The second-order valence-corrected chi connectivity index (χ2v) is 6.27. The molecule has 0 aliphatic heterocycles. The van der Waals surface area contributed by atoms with Crippen LogP contribution in [0.2, 0.25) is 5.02 Å².